The third-order valence-corrected chi connectivity index (χ3v) is 4.49. The third-order valence-electron chi connectivity index (χ3n) is 4.49. The lowest BCUT2D eigenvalue weighted by molar-refractivity contribution is 0.0374. The van der Waals surface area contributed by atoms with E-state index in [9.17, 15) is 4.79 Å². The number of nitrogens with one attached hydrogen (secondary N) is 2. The van der Waals surface area contributed by atoms with Gasteiger partial charge in [-0.2, -0.15) is 4.98 Å². The van der Waals surface area contributed by atoms with E-state index in [0.717, 1.165) is 55.7 Å². The summed E-state index contributed by atoms with van der Waals surface area (Å²) in [5, 5.41) is 7.77. The Balaban J connectivity index is 1.33. The molecule has 1 fully saturated rings. The number of ether oxygens (including phenoxy) is 1. The Morgan fingerprint density at radius 1 is 1.27 bits per heavy atom. The molecule has 1 aliphatic rings. The molecule has 0 aliphatic carbocycles. The molecule has 136 valence electrons. The molecule has 4 rings (SSSR count). The van der Waals surface area contributed by atoms with Gasteiger partial charge in [0.1, 0.15) is 0 Å². The second-order valence-electron chi connectivity index (χ2n) is 6.23. The van der Waals surface area contributed by atoms with Crippen LogP contribution in [0.15, 0.2) is 35.0 Å². The molecule has 2 N–H and O–H groups in total. The van der Waals surface area contributed by atoms with Crippen LogP contribution < -0.4 is 5.32 Å². The molecule has 3 heterocycles. The van der Waals surface area contributed by atoms with E-state index >= 15 is 0 Å². The second-order valence-corrected chi connectivity index (χ2v) is 6.23. The number of nitrogens with zero attached hydrogens (tertiary/aromatic N) is 3. The van der Waals surface area contributed by atoms with Gasteiger partial charge in [-0.3, -0.25) is 9.69 Å². The molecule has 2 aromatic heterocycles. The number of carbonyl (C=O) groups excluding carboxylic acids is 1. The van der Waals surface area contributed by atoms with Gasteiger partial charge >= 0.3 is 11.8 Å². The SMILES string of the molecule is O=C(NCCCN1CCOCC1)c1nc(-c2c[nH]c3ccccc23)no1. The summed E-state index contributed by atoms with van der Waals surface area (Å²) in [4.78, 5) is 21.9. The fraction of sp³-hybridized carbons (Fsp3) is 0.389. The maximum Gasteiger partial charge on any atom is 0.316 e. The van der Waals surface area contributed by atoms with Crippen LogP contribution >= 0.6 is 0 Å². The van der Waals surface area contributed by atoms with Crippen molar-refractivity contribution in [1.29, 1.82) is 0 Å². The van der Waals surface area contributed by atoms with Gasteiger partial charge in [0.15, 0.2) is 0 Å². The minimum atomic E-state index is -0.342. The Hall–Kier alpha value is -2.71. The van der Waals surface area contributed by atoms with E-state index in [0.29, 0.717) is 12.4 Å². The molecule has 0 bridgehead atoms. The normalized spacial score (nSPS) is 15.4. The highest BCUT2D eigenvalue weighted by Gasteiger charge is 2.18. The van der Waals surface area contributed by atoms with Crippen LogP contribution in [0.3, 0.4) is 0 Å². The van der Waals surface area contributed by atoms with Gasteiger partial charge in [-0.1, -0.05) is 23.4 Å². The lowest BCUT2D eigenvalue weighted by Crippen LogP contribution is -2.38. The van der Waals surface area contributed by atoms with Crippen molar-refractivity contribution in [3.63, 3.8) is 0 Å². The van der Waals surface area contributed by atoms with Crippen LogP contribution in [0.25, 0.3) is 22.3 Å². The first-order valence-electron chi connectivity index (χ1n) is 8.80. The fourth-order valence-corrected chi connectivity index (χ4v) is 3.09. The van der Waals surface area contributed by atoms with E-state index in [4.69, 9.17) is 9.26 Å². The first kappa shape index (κ1) is 16.7. The quantitative estimate of drug-likeness (QED) is 0.653. The summed E-state index contributed by atoms with van der Waals surface area (Å²) in [7, 11) is 0. The molecular formula is C18H21N5O3. The summed E-state index contributed by atoms with van der Waals surface area (Å²) in [6.07, 6.45) is 2.69. The van der Waals surface area contributed by atoms with Crippen molar-refractivity contribution >= 4 is 16.8 Å². The Bertz CT molecular complexity index is 882. The number of para-hydroxylation sites is 1. The van der Waals surface area contributed by atoms with Crippen LogP contribution in [0.4, 0.5) is 0 Å². The molecule has 8 heteroatoms. The molecule has 1 aliphatic heterocycles. The lowest BCUT2D eigenvalue weighted by atomic mass is 10.2. The molecule has 1 saturated heterocycles. The molecule has 1 amide bonds. The minimum Gasteiger partial charge on any atom is -0.379 e. The molecule has 0 atom stereocenters. The van der Waals surface area contributed by atoms with Gasteiger partial charge < -0.3 is 19.6 Å². The Morgan fingerprint density at radius 2 is 2.12 bits per heavy atom. The molecule has 0 unspecified atom stereocenters. The molecule has 0 spiro atoms. The first-order chi connectivity index (χ1) is 12.8. The topological polar surface area (TPSA) is 96.3 Å². The summed E-state index contributed by atoms with van der Waals surface area (Å²) < 4.78 is 10.5. The molecule has 3 aromatic rings. The summed E-state index contributed by atoms with van der Waals surface area (Å²) >= 11 is 0. The van der Waals surface area contributed by atoms with E-state index < -0.39 is 0 Å². The van der Waals surface area contributed by atoms with Crippen LogP contribution in [0, 0.1) is 0 Å². The van der Waals surface area contributed by atoms with Crippen molar-refractivity contribution < 1.29 is 14.1 Å². The molecular weight excluding hydrogens is 334 g/mol. The Morgan fingerprint density at radius 3 is 3.00 bits per heavy atom. The standard InChI is InChI=1S/C18H21N5O3/c24-17(19-6-3-7-23-8-10-25-11-9-23)18-21-16(22-26-18)14-12-20-15-5-2-1-4-13(14)15/h1-2,4-5,12,20H,3,6-11H2,(H,19,24). The Labute approximate surface area is 150 Å². The number of benzene rings is 1. The van der Waals surface area contributed by atoms with E-state index in [2.05, 4.69) is 25.3 Å². The lowest BCUT2D eigenvalue weighted by Gasteiger charge is -2.26. The molecule has 1 aromatic carbocycles. The minimum absolute atomic E-state index is 0.0170. The van der Waals surface area contributed by atoms with E-state index in [1.807, 2.05) is 30.5 Å². The summed E-state index contributed by atoms with van der Waals surface area (Å²) in [5.74, 6) is 0.0446. The summed E-state index contributed by atoms with van der Waals surface area (Å²) in [5.41, 5.74) is 1.80. The first-order valence-corrected chi connectivity index (χ1v) is 8.80. The van der Waals surface area contributed by atoms with Crippen molar-refractivity contribution in [3.8, 4) is 11.4 Å². The number of hydrogen-bond donors (Lipinski definition) is 2. The molecule has 0 saturated carbocycles. The van der Waals surface area contributed by atoms with Crippen molar-refractivity contribution in [3.05, 3.63) is 36.4 Å². The van der Waals surface area contributed by atoms with Gasteiger partial charge in [0.25, 0.3) is 0 Å². The number of morpholine rings is 1. The maximum atomic E-state index is 12.2. The molecule has 0 radical (unpaired) electrons. The largest absolute Gasteiger partial charge is 0.379 e. The van der Waals surface area contributed by atoms with Crippen molar-refractivity contribution in [2.75, 3.05) is 39.4 Å². The third kappa shape index (κ3) is 3.61. The number of H-pyrrole nitrogens is 1. The average molecular weight is 355 g/mol. The van der Waals surface area contributed by atoms with Crippen molar-refractivity contribution in [1.82, 2.24) is 25.3 Å². The van der Waals surface area contributed by atoms with Gasteiger partial charge in [0.05, 0.1) is 13.2 Å². The second kappa shape index (κ2) is 7.67. The van der Waals surface area contributed by atoms with Gasteiger partial charge in [0.2, 0.25) is 5.82 Å². The Kier molecular flexibility index (Phi) is 4.94. The number of rotatable bonds is 6. The highest BCUT2D eigenvalue weighted by Crippen LogP contribution is 2.26. The molecule has 26 heavy (non-hydrogen) atoms. The number of fused-ring (bicyclic) bond motifs is 1. The van der Waals surface area contributed by atoms with E-state index in [1.54, 1.807) is 0 Å². The number of aromatic nitrogens is 3. The van der Waals surface area contributed by atoms with Crippen molar-refractivity contribution in [2.24, 2.45) is 0 Å². The van der Waals surface area contributed by atoms with Crippen LogP contribution in [0.2, 0.25) is 0 Å². The summed E-state index contributed by atoms with van der Waals surface area (Å²) in [6.45, 7) is 4.97. The van der Waals surface area contributed by atoms with E-state index in [-0.39, 0.29) is 11.8 Å². The predicted octanol–water partition coefficient (Wildman–Crippen LogP) is 1.67. The van der Waals surface area contributed by atoms with Gasteiger partial charge in [-0.15, -0.1) is 0 Å². The van der Waals surface area contributed by atoms with Crippen molar-refractivity contribution in [2.45, 2.75) is 6.42 Å². The smallest absolute Gasteiger partial charge is 0.316 e. The van der Waals surface area contributed by atoms with E-state index in [1.165, 1.54) is 0 Å². The number of hydrogen-bond acceptors (Lipinski definition) is 6. The van der Waals surface area contributed by atoms with Gasteiger partial charge in [-0.05, 0) is 19.0 Å². The maximum absolute atomic E-state index is 12.2. The number of aromatic amines is 1. The zero-order chi connectivity index (χ0) is 17.8. The van der Waals surface area contributed by atoms with Crippen LogP contribution in [0.5, 0.6) is 0 Å². The number of amides is 1. The fourth-order valence-electron chi connectivity index (χ4n) is 3.09. The highest BCUT2D eigenvalue weighted by atomic mass is 16.5. The van der Waals surface area contributed by atoms with Gasteiger partial charge in [0, 0.05) is 42.3 Å². The monoisotopic (exact) mass is 355 g/mol. The van der Waals surface area contributed by atoms with Crippen LogP contribution in [-0.4, -0.2) is 65.3 Å². The summed E-state index contributed by atoms with van der Waals surface area (Å²) in [6, 6.07) is 7.85. The number of carbonyl (C=O) groups is 1. The average Bonchev–Trinajstić information content (AvgIpc) is 3.33. The van der Waals surface area contributed by atoms with Crippen LogP contribution in [0.1, 0.15) is 17.1 Å². The zero-order valence-electron chi connectivity index (χ0n) is 14.4. The zero-order valence-corrected chi connectivity index (χ0v) is 14.4. The molecule has 8 nitrogen and oxygen atoms in total. The van der Waals surface area contributed by atoms with Gasteiger partial charge in [-0.25, -0.2) is 0 Å². The van der Waals surface area contributed by atoms with Crippen LogP contribution in [-0.2, 0) is 4.74 Å². The predicted molar refractivity (Wildman–Crippen MR) is 95.8 cm³/mol. The highest BCUT2D eigenvalue weighted by molar-refractivity contribution is 5.94.